The first-order valence-corrected chi connectivity index (χ1v) is 10.2. The second-order valence-electron chi connectivity index (χ2n) is 7.08. The molecule has 0 saturated heterocycles. The Morgan fingerprint density at radius 2 is 1.90 bits per heavy atom. The average Bonchev–Trinajstić information content (AvgIpc) is 3.19. The van der Waals surface area contributed by atoms with Crippen LogP contribution in [-0.4, -0.2) is 77.3 Å². The minimum Gasteiger partial charge on any atom is -0.494 e. The highest BCUT2D eigenvalue weighted by Gasteiger charge is 2.10. The third-order valence-electron chi connectivity index (χ3n) is 4.53. The number of aromatic nitrogens is 3. The fourth-order valence-electron chi connectivity index (χ4n) is 2.83. The summed E-state index contributed by atoms with van der Waals surface area (Å²) >= 11 is 0. The van der Waals surface area contributed by atoms with E-state index in [4.69, 9.17) is 4.74 Å². The number of halogens is 1. The number of ether oxygens (including phenoxy) is 1. The zero-order valence-corrected chi connectivity index (χ0v) is 21.4. The first-order valence-electron chi connectivity index (χ1n) is 10.2. The molecule has 2 rings (SSSR count). The van der Waals surface area contributed by atoms with E-state index in [9.17, 15) is 4.79 Å². The van der Waals surface area contributed by atoms with Gasteiger partial charge in [-0.1, -0.05) is 19.1 Å². The molecule has 10 heteroatoms. The van der Waals surface area contributed by atoms with Crippen molar-refractivity contribution in [3.63, 3.8) is 0 Å². The largest absolute Gasteiger partial charge is 0.494 e. The van der Waals surface area contributed by atoms with Gasteiger partial charge in [0.2, 0.25) is 5.91 Å². The monoisotopic (exact) mass is 543 g/mol. The standard InChI is InChI=1S/C21H33N7O2.HI/c1-6-19-25-24-16-28(19)13-12-22-21(23-14-20(29)26(3)4)27(5)15-17-8-10-18(11-9-17)30-7-2;/h8-11,16H,6-7,12-15H2,1-5H3,(H,22,23);1H. The maximum absolute atomic E-state index is 12.0. The Balaban J connectivity index is 0.00000480. The van der Waals surface area contributed by atoms with Gasteiger partial charge in [-0.3, -0.25) is 4.79 Å². The Bertz CT molecular complexity index is 821. The van der Waals surface area contributed by atoms with Crippen molar-refractivity contribution >= 4 is 35.8 Å². The summed E-state index contributed by atoms with van der Waals surface area (Å²) in [4.78, 5) is 20.1. The molecule has 1 aromatic carbocycles. The molecule has 0 aliphatic heterocycles. The van der Waals surface area contributed by atoms with Crippen LogP contribution < -0.4 is 10.1 Å². The van der Waals surface area contributed by atoms with Crippen molar-refractivity contribution in [1.82, 2.24) is 29.9 Å². The lowest BCUT2D eigenvalue weighted by molar-refractivity contribution is -0.127. The highest BCUT2D eigenvalue weighted by Crippen LogP contribution is 2.13. The van der Waals surface area contributed by atoms with Gasteiger partial charge in [0.05, 0.1) is 6.61 Å². The summed E-state index contributed by atoms with van der Waals surface area (Å²) in [5.74, 6) is 2.43. The first-order chi connectivity index (χ1) is 14.4. The first kappa shape index (κ1) is 26.7. The highest BCUT2D eigenvalue weighted by molar-refractivity contribution is 14.0. The summed E-state index contributed by atoms with van der Waals surface area (Å²) < 4.78 is 7.52. The minimum atomic E-state index is -0.0455. The van der Waals surface area contributed by atoms with Crippen LogP contribution in [0.1, 0.15) is 25.2 Å². The number of hydrogen-bond donors (Lipinski definition) is 1. The molecule has 31 heavy (non-hydrogen) atoms. The Morgan fingerprint density at radius 1 is 1.19 bits per heavy atom. The average molecular weight is 543 g/mol. The zero-order valence-electron chi connectivity index (χ0n) is 19.0. The number of guanidine groups is 1. The lowest BCUT2D eigenvalue weighted by Gasteiger charge is -2.23. The Hall–Kier alpha value is -2.37. The maximum atomic E-state index is 12.0. The Morgan fingerprint density at radius 3 is 2.52 bits per heavy atom. The van der Waals surface area contributed by atoms with Crippen molar-refractivity contribution in [3.05, 3.63) is 42.0 Å². The van der Waals surface area contributed by atoms with Gasteiger partial charge in [0.1, 0.15) is 24.4 Å². The van der Waals surface area contributed by atoms with Gasteiger partial charge in [0.15, 0.2) is 5.96 Å². The van der Waals surface area contributed by atoms with Gasteiger partial charge in [-0.2, -0.15) is 0 Å². The number of nitrogens with one attached hydrogen (secondary N) is 1. The molecule has 0 aliphatic carbocycles. The van der Waals surface area contributed by atoms with Crippen LogP contribution in [0, 0.1) is 0 Å². The molecule has 0 atom stereocenters. The predicted molar refractivity (Wildman–Crippen MR) is 133 cm³/mol. The molecule has 1 amide bonds. The van der Waals surface area contributed by atoms with Gasteiger partial charge in [0.25, 0.3) is 0 Å². The lowest BCUT2D eigenvalue weighted by atomic mass is 10.2. The van der Waals surface area contributed by atoms with Crippen LogP contribution in [-0.2, 0) is 24.3 Å². The van der Waals surface area contributed by atoms with Gasteiger partial charge >= 0.3 is 0 Å². The number of carbonyl (C=O) groups is 1. The molecule has 0 spiro atoms. The third-order valence-corrected chi connectivity index (χ3v) is 4.53. The van der Waals surface area contributed by atoms with E-state index < -0.39 is 0 Å². The predicted octanol–water partition coefficient (Wildman–Crippen LogP) is 2.02. The summed E-state index contributed by atoms with van der Waals surface area (Å²) in [5, 5.41) is 11.4. The van der Waals surface area contributed by atoms with E-state index in [1.165, 1.54) is 4.90 Å². The lowest BCUT2D eigenvalue weighted by Crippen LogP contribution is -2.41. The number of aliphatic imine (C=N–C) groups is 1. The topological polar surface area (TPSA) is 87.9 Å². The van der Waals surface area contributed by atoms with E-state index >= 15 is 0 Å². The fraction of sp³-hybridized carbons (Fsp3) is 0.524. The van der Waals surface area contributed by atoms with Gasteiger partial charge in [-0.25, -0.2) is 4.99 Å². The second kappa shape index (κ2) is 13.8. The molecule has 0 aliphatic rings. The molecule has 0 radical (unpaired) electrons. The number of rotatable bonds is 10. The summed E-state index contributed by atoms with van der Waals surface area (Å²) in [7, 11) is 5.42. The molecule has 0 saturated carbocycles. The van der Waals surface area contributed by atoms with Crippen molar-refractivity contribution in [1.29, 1.82) is 0 Å². The summed E-state index contributed by atoms with van der Waals surface area (Å²) in [6.45, 7) is 6.77. The molecular formula is C21H34IN7O2. The Labute approximate surface area is 201 Å². The maximum Gasteiger partial charge on any atom is 0.243 e. The van der Waals surface area contributed by atoms with Crippen molar-refractivity contribution in [2.24, 2.45) is 4.99 Å². The third kappa shape index (κ3) is 8.72. The van der Waals surface area contributed by atoms with E-state index in [2.05, 4.69) is 27.4 Å². The number of hydrogen-bond acceptors (Lipinski definition) is 5. The van der Waals surface area contributed by atoms with Crippen LogP contribution in [0.25, 0.3) is 0 Å². The van der Waals surface area contributed by atoms with E-state index in [0.29, 0.717) is 32.2 Å². The van der Waals surface area contributed by atoms with Crippen LogP contribution in [0.4, 0.5) is 0 Å². The van der Waals surface area contributed by atoms with Gasteiger partial charge in [-0.05, 0) is 24.6 Å². The number of nitrogens with zero attached hydrogens (tertiary/aromatic N) is 6. The highest BCUT2D eigenvalue weighted by atomic mass is 127. The van der Waals surface area contributed by atoms with Gasteiger partial charge in [-0.15, -0.1) is 34.2 Å². The number of amides is 1. The van der Waals surface area contributed by atoms with Crippen molar-refractivity contribution in [3.8, 4) is 5.75 Å². The molecule has 9 nitrogen and oxygen atoms in total. The van der Waals surface area contributed by atoms with Gasteiger partial charge < -0.3 is 24.4 Å². The van der Waals surface area contributed by atoms with Crippen molar-refractivity contribution < 1.29 is 9.53 Å². The molecule has 0 unspecified atom stereocenters. The van der Waals surface area contributed by atoms with Crippen molar-refractivity contribution in [2.45, 2.75) is 33.4 Å². The quantitative estimate of drug-likeness (QED) is 0.281. The number of benzene rings is 1. The van der Waals surface area contributed by atoms with Crippen LogP contribution >= 0.6 is 24.0 Å². The number of aryl methyl sites for hydroxylation is 1. The fourth-order valence-corrected chi connectivity index (χ4v) is 2.83. The molecule has 1 heterocycles. The molecule has 0 bridgehead atoms. The van der Waals surface area contributed by atoms with E-state index in [1.807, 2.05) is 47.7 Å². The van der Waals surface area contributed by atoms with E-state index in [-0.39, 0.29) is 36.4 Å². The molecule has 0 fully saturated rings. The zero-order chi connectivity index (χ0) is 21.9. The normalized spacial score (nSPS) is 10.9. The van der Waals surface area contributed by atoms with Gasteiger partial charge in [0, 0.05) is 47.2 Å². The minimum absolute atomic E-state index is 0. The number of carbonyl (C=O) groups excluding carboxylic acids is 1. The molecule has 2 aromatic rings. The summed E-state index contributed by atoms with van der Waals surface area (Å²) in [5.41, 5.74) is 1.13. The molecule has 1 aromatic heterocycles. The van der Waals surface area contributed by atoms with Crippen LogP contribution in [0.3, 0.4) is 0 Å². The SMILES string of the molecule is CCOc1ccc(CN(C)C(=NCC(=O)N(C)C)NCCn2cnnc2CC)cc1.I. The second-order valence-corrected chi connectivity index (χ2v) is 7.08. The van der Waals surface area contributed by atoms with E-state index in [0.717, 1.165) is 23.6 Å². The van der Waals surface area contributed by atoms with Crippen LogP contribution in [0.5, 0.6) is 5.75 Å². The van der Waals surface area contributed by atoms with E-state index in [1.54, 1.807) is 20.4 Å². The van der Waals surface area contributed by atoms with Crippen molar-refractivity contribution in [2.75, 3.05) is 40.8 Å². The smallest absolute Gasteiger partial charge is 0.243 e. The summed E-state index contributed by atoms with van der Waals surface area (Å²) in [6, 6.07) is 8.00. The van der Waals surface area contributed by atoms with Crippen LogP contribution in [0.2, 0.25) is 0 Å². The summed E-state index contributed by atoms with van der Waals surface area (Å²) in [6.07, 6.45) is 2.56. The Kier molecular flexibility index (Phi) is 11.9. The number of likely N-dealkylation sites (N-methyl/N-ethyl adjacent to an activating group) is 1. The molecule has 172 valence electrons. The molecule has 1 N–H and O–H groups in total. The molecular weight excluding hydrogens is 509 g/mol. The van der Waals surface area contributed by atoms with Crippen LogP contribution in [0.15, 0.2) is 35.6 Å².